The number of carboxylic acid groups (broad SMARTS) is 1. The Hall–Kier alpha value is -2.08. The van der Waals surface area contributed by atoms with Gasteiger partial charge in [0.1, 0.15) is 0 Å². The molecular weight excluding hydrogens is 260 g/mol. The van der Waals surface area contributed by atoms with E-state index < -0.39 is 17.2 Å². The first-order chi connectivity index (χ1) is 8.50. The van der Waals surface area contributed by atoms with Crippen molar-refractivity contribution in [3.63, 3.8) is 0 Å². The van der Waals surface area contributed by atoms with Crippen molar-refractivity contribution in [1.29, 1.82) is 0 Å². The Bertz CT molecular complexity index is 732. The van der Waals surface area contributed by atoms with Gasteiger partial charge in [-0.3, -0.25) is 14.2 Å². The second-order valence-electron chi connectivity index (χ2n) is 3.69. The fourth-order valence-corrected chi connectivity index (χ4v) is 1.92. The molecule has 2 aromatic rings. The number of rotatable bonds is 3. The van der Waals surface area contributed by atoms with Crippen LogP contribution in [0.5, 0.6) is 0 Å². The van der Waals surface area contributed by atoms with Gasteiger partial charge < -0.3 is 10.1 Å². The van der Waals surface area contributed by atoms with Crippen LogP contribution in [0.2, 0.25) is 5.02 Å². The number of nitrogens with one attached hydrogen (secondary N) is 1. The number of fused-ring (bicyclic) bond motifs is 1. The summed E-state index contributed by atoms with van der Waals surface area (Å²) in [5.41, 5.74) is -0.888. The van der Waals surface area contributed by atoms with Crippen molar-refractivity contribution >= 4 is 28.5 Å². The van der Waals surface area contributed by atoms with Gasteiger partial charge in [0.15, 0.2) is 0 Å². The summed E-state index contributed by atoms with van der Waals surface area (Å²) in [6.07, 6.45) is -0.307. The van der Waals surface area contributed by atoms with Crippen LogP contribution in [0.4, 0.5) is 0 Å². The van der Waals surface area contributed by atoms with Crippen molar-refractivity contribution in [2.75, 3.05) is 0 Å². The number of carboxylic acids is 1. The maximum atomic E-state index is 12.0. The predicted octanol–water partition coefficient (Wildman–Crippen LogP) is 0.818. The van der Waals surface area contributed by atoms with Gasteiger partial charge in [0.2, 0.25) is 0 Å². The first-order valence-corrected chi connectivity index (χ1v) is 5.51. The summed E-state index contributed by atoms with van der Waals surface area (Å²) in [4.78, 5) is 36.7. The van der Waals surface area contributed by atoms with Crippen molar-refractivity contribution in [3.8, 4) is 0 Å². The minimum absolute atomic E-state index is 0.184. The van der Waals surface area contributed by atoms with E-state index in [4.69, 9.17) is 16.7 Å². The number of H-pyrrole nitrogens is 1. The number of hydrogen-bond donors (Lipinski definition) is 2. The number of benzene rings is 1. The van der Waals surface area contributed by atoms with Gasteiger partial charge in [0, 0.05) is 6.54 Å². The molecule has 1 heterocycles. The van der Waals surface area contributed by atoms with E-state index in [0.29, 0.717) is 5.52 Å². The zero-order chi connectivity index (χ0) is 13.3. The van der Waals surface area contributed by atoms with Crippen LogP contribution in [-0.2, 0) is 11.3 Å². The number of aliphatic carboxylic acids is 1. The number of carbonyl (C=O) groups is 1. The number of aromatic amines is 1. The van der Waals surface area contributed by atoms with Gasteiger partial charge >= 0.3 is 11.7 Å². The Balaban J connectivity index is 2.68. The highest BCUT2D eigenvalue weighted by molar-refractivity contribution is 6.35. The first-order valence-electron chi connectivity index (χ1n) is 5.14. The summed E-state index contributed by atoms with van der Waals surface area (Å²) < 4.78 is 0.836. The topological polar surface area (TPSA) is 92.2 Å². The van der Waals surface area contributed by atoms with Gasteiger partial charge in [0.05, 0.1) is 22.3 Å². The van der Waals surface area contributed by atoms with Gasteiger partial charge in [0.25, 0.3) is 5.56 Å². The van der Waals surface area contributed by atoms with E-state index >= 15 is 0 Å². The van der Waals surface area contributed by atoms with Crippen LogP contribution in [-0.4, -0.2) is 20.6 Å². The molecule has 0 fully saturated rings. The maximum absolute atomic E-state index is 12.0. The van der Waals surface area contributed by atoms with Gasteiger partial charge in [-0.25, -0.2) is 4.79 Å². The van der Waals surface area contributed by atoms with Gasteiger partial charge in [-0.15, -0.1) is 0 Å². The summed E-state index contributed by atoms with van der Waals surface area (Å²) in [5.74, 6) is -1.08. The smallest absolute Gasteiger partial charge is 0.328 e. The highest BCUT2D eigenvalue weighted by atomic mass is 35.5. The van der Waals surface area contributed by atoms with Crippen molar-refractivity contribution in [1.82, 2.24) is 9.55 Å². The Morgan fingerprint density at radius 3 is 2.78 bits per heavy atom. The van der Waals surface area contributed by atoms with E-state index in [1.54, 1.807) is 12.1 Å². The zero-order valence-electron chi connectivity index (χ0n) is 9.14. The summed E-state index contributed by atoms with van der Waals surface area (Å²) in [6, 6.07) is 4.71. The van der Waals surface area contributed by atoms with E-state index in [2.05, 4.69) is 4.98 Å². The van der Waals surface area contributed by atoms with Crippen molar-refractivity contribution in [2.45, 2.75) is 13.0 Å². The van der Waals surface area contributed by atoms with Crippen LogP contribution in [0.3, 0.4) is 0 Å². The van der Waals surface area contributed by atoms with E-state index in [1.165, 1.54) is 6.07 Å². The molecule has 0 atom stereocenters. The highest BCUT2D eigenvalue weighted by Crippen LogP contribution is 2.16. The number of nitrogens with zero attached hydrogens (tertiary/aromatic N) is 1. The third-order valence-corrected chi connectivity index (χ3v) is 2.82. The number of hydrogen-bond acceptors (Lipinski definition) is 3. The molecule has 0 bridgehead atoms. The molecule has 0 spiro atoms. The normalized spacial score (nSPS) is 10.7. The molecule has 6 nitrogen and oxygen atoms in total. The molecule has 2 N–H and O–H groups in total. The molecule has 0 amide bonds. The van der Waals surface area contributed by atoms with Crippen molar-refractivity contribution in [3.05, 3.63) is 44.1 Å². The Morgan fingerprint density at radius 1 is 1.39 bits per heavy atom. The minimum Gasteiger partial charge on any atom is -0.481 e. The zero-order valence-corrected chi connectivity index (χ0v) is 9.90. The Labute approximate surface area is 105 Å². The number of aromatic nitrogens is 2. The average Bonchev–Trinajstić information content (AvgIpc) is 2.27. The Morgan fingerprint density at radius 2 is 2.11 bits per heavy atom. The lowest BCUT2D eigenvalue weighted by Gasteiger charge is -2.05. The monoisotopic (exact) mass is 268 g/mol. The average molecular weight is 269 g/mol. The van der Waals surface area contributed by atoms with Crippen LogP contribution in [0.1, 0.15) is 6.42 Å². The molecule has 0 unspecified atom stereocenters. The summed E-state index contributed by atoms with van der Waals surface area (Å²) in [6.45, 7) is -0.190. The predicted molar refractivity (Wildman–Crippen MR) is 66.1 cm³/mol. The molecular formula is C11H9ClN2O4. The van der Waals surface area contributed by atoms with E-state index in [0.717, 1.165) is 4.57 Å². The van der Waals surface area contributed by atoms with Crippen molar-refractivity contribution < 1.29 is 9.90 Å². The molecule has 0 saturated carbocycles. The van der Waals surface area contributed by atoms with Crippen LogP contribution in [0, 0.1) is 0 Å². The molecule has 0 aliphatic carbocycles. The molecule has 1 aromatic carbocycles. The molecule has 0 saturated heterocycles. The Kier molecular flexibility index (Phi) is 3.20. The van der Waals surface area contributed by atoms with Crippen LogP contribution < -0.4 is 11.2 Å². The quantitative estimate of drug-likeness (QED) is 0.862. The van der Waals surface area contributed by atoms with E-state index in [1.807, 2.05) is 0 Å². The SMILES string of the molecule is O=C(O)CCn1c(=O)[nH]c2cccc(Cl)c2c1=O. The fourth-order valence-electron chi connectivity index (χ4n) is 1.67. The van der Waals surface area contributed by atoms with E-state index in [-0.39, 0.29) is 23.4 Å². The van der Waals surface area contributed by atoms with Crippen LogP contribution in [0.25, 0.3) is 10.9 Å². The summed E-state index contributed by atoms with van der Waals surface area (Å²) >= 11 is 5.90. The number of halogens is 1. The second-order valence-corrected chi connectivity index (χ2v) is 4.10. The first kappa shape index (κ1) is 12.4. The molecule has 1 aromatic heterocycles. The fraction of sp³-hybridized carbons (Fsp3) is 0.182. The lowest BCUT2D eigenvalue weighted by Crippen LogP contribution is -2.35. The van der Waals surface area contributed by atoms with Crippen LogP contribution in [0.15, 0.2) is 27.8 Å². The minimum atomic E-state index is -1.08. The third kappa shape index (κ3) is 2.14. The lowest BCUT2D eigenvalue weighted by molar-refractivity contribution is -0.137. The van der Waals surface area contributed by atoms with Crippen LogP contribution >= 0.6 is 11.6 Å². The molecule has 94 valence electrons. The maximum Gasteiger partial charge on any atom is 0.328 e. The van der Waals surface area contributed by atoms with Gasteiger partial charge in [-0.05, 0) is 12.1 Å². The standard InChI is InChI=1S/C11H9ClN2O4/c12-6-2-1-3-7-9(6)10(17)14(11(18)13-7)5-4-8(15)16/h1-3H,4-5H2,(H,13,18)(H,15,16). The molecule has 0 radical (unpaired) electrons. The molecule has 7 heteroatoms. The van der Waals surface area contributed by atoms with E-state index in [9.17, 15) is 14.4 Å². The largest absolute Gasteiger partial charge is 0.481 e. The molecule has 18 heavy (non-hydrogen) atoms. The third-order valence-electron chi connectivity index (χ3n) is 2.51. The van der Waals surface area contributed by atoms with Gasteiger partial charge in [-0.2, -0.15) is 0 Å². The summed E-state index contributed by atoms with van der Waals surface area (Å²) in [7, 11) is 0. The summed E-state index contributed by atoms with van der Waals surface area (Å²) in [5, 5.41) is 8.98. The lowest BCUT2D eigenvalue weighted by atomic mass is 10.2. The second kappa shape index (κ2) is 4.66. The van der Waals surface area contributed by atoms with Crippen molar-refractivity contribution in [2.24, 2.45) is 0 Å². The van der Waals surface area contributed by atoms with Gasteiger partial charge in [-0.1, -0.05) is 17.7 Å². The molecule has 0 aliphatic rings. The molecule has 0 aliphatic heterocycles. The highest BCUT2D eigenvalue weighted by Gasteiger charge is 2.11. The molecule has 2 rings (SSSR count).